The van der Waals surface area contributed by atoms with Crippen LogP contribution < -0.4 is 4.74 Å². The third-order valence-corrected chi connectivity index (χ3v) is 4.14. The largest absolute Gasteiger partial charge is 0.491 e. The van der Waals surface area contributed by atoms with Gasteiger partial charge in [0.15, 0.2) is 0 Å². The molecule has 1 aromatic rings. The van der Waals surface area contributed by atoms with Crippen molar-refractivity contribution in [2.45, 2.75) is 51.7 Å². The predicted molar refractivity (Wildman–Crippen MR) is 80.2 cm³/mol. The quantitative estimate of drug-likeness (QED) is 0.873. The molecule has 2 rings (SSSR count). The number of carboxylic acids is 1. The summed E-state index contributed by atoms with van der Waals surface area (Å²) >= 11 is 0. The van der Waals surface area contributed by atoms with Gasteiger partial charge >= 0.3 is 5.97 Å². The lowest BCUT2D eigenvalue weighted by molar-refractivity contribution is -0.147. The van der Waals surface area contributed by atoms with Crippen LogP contribution in [-0.2, 0) is 4.79 Å². The Kier molecular flexibility index (Phi) is 5.23. The van der Waals surface area contributed by atoms with Crippen molar-refractivity contribution in [1.29, 1.82) is 0 Å². The second-order valence-corrected chi connectivity index (χ2v) is 6.07. The van der Waals surface area contributed by atoms with Gasteiger partial charge in [-0.1, -0.05) is 25.0 Å². The van der Waals surface area contributed by atoms with Crippen LogP contribution in [0.2, 0.25) is 0 Å². The zero-order valence-corrected chi connectivity index (χ0v) is 12.7. The third-order valence-electron chi connectivity index (χ3n) is 4.14. The Labute approximate surface area is 125 Å². The number of hydrogen-bond donors (Lipinski definition) is 2. The average molecular weight is 292 g/mol. The number of hydrogen-bond acceptors (Lipinski definition) is 3. The lowest BCUT2D eigenvalue weighted by atomic mass is 9.74. The van der Waals surface area contributed by atoms with Gasteiger partial charge in [-0.05, 0) is 44.4 Å². The summed E-state index contributed by atoms with van der Waals surface area (Å²) in [7, 11) is 0. The van der Waals surface area contributed by atoms with Crippen LogP contribution in [0.25, 0.3) is 0 Å². The van der Waals surface area contributed by atoms with E-state index in [2.05, 4.69) is 0 Å². The molecule has 4 nitrogen and oxygen atoms in total. The Balaban J connectivity index is 2.10. The van der Waals surface area contributed by atoms with Crippen molar-refractivity contribution in [2.24, 2.45) is 11.8 Å². The van der Waals surface area contributed by atoms with Crippen LogP contribution in [0.4, 0.5) is 0 Å². The van der Waals surface area contributed by atoms with E-state index < -0.39 is 18.0 Å². The van der Waals surface area contributed by atoms with Crippen LogP contribution in [0.3, 0.4) is 0 Å². The number of benzene rings is 1. The molecule has 0 amide bonds. The van der Waals surface area contributed by atoms with Gasteiger partial charge in [0.05, 0.1) is 18.1 Å². The van der Waals surface area contributed by atoms with Crippen LogP contribution in [0.15, 0.2) is 24.3 Å². The molecule has 0 saturated heterocycles. The zero-order valence-electron chi connectivity index (χ0n) is 12.7. The first kappa shape index (κ1) is 15.8. The van der Waals surface area contributed by atoms with Crippen LogP contribution in [-0.4, -0.2) is 22.3 Å². The minimum absolute atomic E-state index is 0.107. The molecule has 0 aliphatic heterocycles. The first-order chi connectivity index (χ1) is 9.99. The summed E-state index contributed by atoms with van der Waals surface area (Å²) in [6.45, 7) is 3.92. The van der Waals surface area contributed by atoms with E-state index in [9.17, 15) is 15.0 Å². The van der Waals surface area contributed by atoms with Gasteiger partial charge < -0.3 is 14.9 Å². The summed E-state index contributed by atoms with van der Waals surface area (Å²) in [4.78, 5) is 11.3. The average Bonchev–Trinajstić information content (AvgIpc) is 2.46. The van der Waals surface area contributed by atoms with Gasteiger partial charge in [-0.15, -0.1) is 0 Å². The molecule has 21 heavy (non-hydrogen) atoms. The summed E-state index contributed by atoms with van der Waals surface area (Å²) in [5, 5.41) is 19.8. The van der Waals surface area contributed by atoms with Gasteiger partial charge in [-0.3, -0.25) is 4.79 Å². The number of aliphatic hydroxyl groups excluding tert-OH is 1. The summed E-state index contributed by atoms with van der Waals surface area (Å²) < 4.78 is 5.58. The van der Waals surface area contributed by atoms with Crippen molar-refractivity contribution in [3.05, 3.63) is 29.8 Å². The lowest BCUT2D eigenvalue weighted by Gasteiger charge is -2.32. The first-order valence-electron chi connectivity index (χ1n) is 7.66. The van der Waals surface area contributed by atoms with Crippen molar-refractivity contribution in [3.8, 4) is 5.75 Å². The number of carboxylic acid groups (broad SMARTS) is 1. The minimum atomic E-state index is -0.793. The Bertz CT molecular complexity index is 466. The molecule has 2 N–H and O–H groups in total. The molecule has 3 atom stereocenters. The molecule has 1 aliphatic carbocycles. The SMILES string of the molecule is CC(C)Oc1ccc(C(O)C2CCCCC2C(=O)O)cc1. The van der Waals surface area contributed by atoms with Crippen molar-refractivity contribution in [3.63, 3.8) is 0 Å². The van der Waals surface area contributed by atoms with E-state index in [1.165, 1.54) is 0 Å². The fourth-order valence-electron chi connectivity index (χ4n) is 3.11. The highest BCUT2D eigenvalue weighted by Crippen LogP contribution is 2.39. The van der Waals surface area contributed by atoms with Gasteiger partial charge in [0.2, 0.25) is 0 Å². The first-order valence-corrected chi connectivity index (χ1v) is 7.66. The molecule has 3 unspecified atom stereocenters. The summed E-state index contributed by atoms with van der Waals surface area (Å²) in [6.07, 6.45) is 2.73. The summed E-state index contributed by atoms with van der Waals surface area (Å²) in [5.74, 6) is -0.675. The monoisotopic (exact) mass is 292 g/mol. The van der Waals surface area contributed by atoms with Gasteiger partial charge in [0, 0.05) is 5.92 Å². The number of aliphatic hydroxyl groups is 1. The maximum absolute atomic E-state index is 11.3. The molecule has 0 radical (unpaired) electrons. The zero-order chi connectivity index (χ0) is 15.4. The Morgan fingerprint density at radius 3 is 2.38 bits per heavy atom. The van der Waals surface area contributed by atoms with Crippen LogP contribution >= 0.6 is 0 Å². The second kappa shape index (κ2) is 6.94. The maximum atomic E-state index is 11.3. The van der Waals surface area contributed by atoms with Gasteiger partial charge in [0.25, 0.3) is 0 Å². The molecule has 4 heteroatoms. The number of rotatable bonds is 5. The van der Waals surface area contributed by atoms with Crippen LogP contribution in [0.5, 0.6) is 5.75 Å². The standard InChI is InChI=1S/C17H24O4/c1-11(2)21-13-9-7-12(8-10-13)16(18)14-5-3-4-6-15(14)17(19)20/h7-11,14-16,18H,3-6H2,1-2H3,(H,19,20). The van der Waals surface area contributed by atoms with Crippen LogP contribution in [0.1, 0.15) is 51.2 Å². The highest BCUT2D eigenvalue weighted by molar-refractivity contribution is 5.70. The highest BCUT2D eigenvalue weighted by Gasteiger charge is 2.36. The topological polar surface area (TPSA) is 66.8 Å². The Morgan fingerprint density at radius 2 is 1.81 bits per heavy atom. The maximum Gasteiger partial charge on any atom is 0.306 e. The molecule has 1 fully saturated rings. The van der Waals surface area contributed by atoms with E-state index >= 15 is 0 Å². The molecular formula is C17H24O4. The smallest absolute Gasteiger partial charge is 0.306 e. The van der Waals surface area contributed by atoms with Gasteiger partial charge in [-0.25, -0.2) is 0 Å². The second-order valence-electron chi connectivity index (χ2n) is 6.07. The van der Waals surface area contributed by atoms with Crippen LogP contribution in [0, 0.1) is 11.8 Å². The fourth-order valence-corrected chi connectivity index (χ4v) is 3.11. The molecule has 0 spiro atoms. The molecule has 116 valence electrons. The van der Waals surface area contributed by atoms with Crippen molar-refractivity contribution in [2.75, 3.05) is 0 Å². The van der Waals surface area contributed by atoms with E-state index in [1.807, 2.05) is 38.1 Å². The number of ether oxygens (including phenoxy) is 1. The van der Waals surface area contributed by atoms with E-state index in [-0.39, 0.29) is 12.0 Å². The molecule has 1 aliphatic rings. The third kappa shape index (κ3) is 3.97. The van der Waals surface area contributed by atoms with E-state index in [0.717, 1.165) is 30.6 Å². The van der Waals surface area contributed by atoms with Gasteiger partial charge in [-0.2, -0.15) is 0 Å². The number of aliphatic carboxylic acids is 1. The Hall–Kier alpha value is -1.55. The van der Waals surface area contributed by atoms with Crippen molar-refractivity contribution >= 4 is 5.97 Å². The highest BCUT2D eigenvalue weighted by atomic mass is 16.5. The van der Waals surface area contributed by atoms with E-state index in [1.54, 1.807) is 0 Å². The normalized spacial score (nSPS) is 23.8. The predicted octanol–water partition coefficient (Wildman–Crippen LogP) is 3.40. The molecular weight excluding hydrogens is 268 g/mol. The van der Waals surface area contributed by atoms with E-state index in [4.69, 9.17) is 4.74 Å². The summed E-state index contributed by atoms with van der Waals surface area (Å²) in [5.41, 5.74) is 0.768. The fraction of sp³-hybridized carbons (Fsp3) is 0.588. The van der Waals surface area contributed by atoms with Crippen molar-refractivity contribution in [1.82, 2.24) is 0 Å². The van der Waals surface area contributed by atoms with E-state index in [0.29, 0.717) is 6.42 Å². The van der Waals surface area contributed by atoms with Crippen molar-refractivity contribution < 1.29 is 19.7 Å². The molecule has 0 aromatic heterocycles. The number of carbonyl (C=O) groups is 1. The van der Waals surface area contributed by atoms with Gasteiger partial charge in [0.1, 0.15) is 5.75 Å². The molecule has 1 saturated carbocycles. The Morgan fingerprint density at radius 1 is 1.19 bits per heavy atom. The molecule has 1 aromatic carbocycles. The molecule has 0 heterocycles. The minimum Gasteiger partial charge on any atom is -0.491 e. The summed E-state index contributed by atoms with van der Waals surface area (Å²) in [6, 6.07) is 7.32. The molecule has 0 bridgehead atoms. The lowest BCUT2D eigenvalue weighted by Crippen LogP contribution is -2.31.